The van der Waals surface area contributed by atoms with Gasteiger partial charge in [-0.3, -0.25) is 9.69 Å². The maximum absolute atomic E-state index is 11.5. The van der Waals surface area contributed by atoms with Crippen LogP contribution in [0.4, 0.5) is 0 Å². The molecule has 0 N–H and O–H groups in total. The average molecular weight is 273 g/mol. The van der Waals surface area contributed by atoms with E-state index in [2.05, 4.69) is 29.2 Å². The van der Waals surface area contributed by atoms with Gasteiger partial charge in [-0.25, -0.2) is 0 Å². The SMILES string of the molecule is O=C1CCN(C2CCCCC2OCc2ccccc2)C1. The second-order valence-electron chi connectivity index (χ2n) is 5.95. The highest BCUT2D eigenvalue weighted by Gasteiger charge is 2.34. The highest BCUT2D eigenvalue weighted by molar-refractivity contribution is 5.82. The Kier molecular flexibility index (Phi) is 4.48. The lowest BCUT2D eigenvalue weighted by Crippen LogP contribution is -2.45. The molecule has 1 saturated heterocycles. The highest BCUT2D eigenvalue weighted by Crippen LogP contribution is 2.28. The third-order valence-corrected chi connectivity index (χ3v) is 4.50. The number of ether oxygens (including phenoxy) is 1. The third kappa shape index (κ3) is 3.28. The van der Waals surface area contributed by atoms with E-state index in [1.807, 2.05) is 6.07 Å². The number of benzene rings is 1. The van der Waals surface area contributed by atoms with Gasteiger partial charge in [0.05, 0.1) is 19.3 Å². The van der Waals surface area contributed by atoms with Crippen molar-refractivity contribution in [1.29, 1.82) is 0 Å². The Morgan fingerprint density at radius 1 is 1.15 bits per heavy atom. The summed E-state index contributed by atoms with van der Waals surface area (Å²) in [7, 11) is 0. The van der Waals surface area contributed by atoms with E-state index in [1.54, 1.807) is 0 Å². The van der Waals surface area contributed by atoms with Gasteiger partial charge in [0.25, 0.3) is 0 Å². The average Bonchev–Trinajstić information content (AvgIpc) is 2.93. The number of carbonyl (C=O) groups is 1. The van der Waals surface area contributed by atoms with E-state index < -0.39 is 0 Å². The number of nitrogens with zero attached hydrogens (tertiary/aromatic N) is 1. The summed E-state index contributed by atoms with van der Waals surface area (Å²) in [5, 5.41) is 0. The lowest BCUT2D eigenvalue weighted by Gasteiger charge is -2.37. The zero-order valence-electron chi connectivity index (χ0n) is 12.0. The maximum Gasteiger partial charge on any atom is 0.148 e. The number of rotatable bonds is 4. The van der Waals surface area contributed by atoms with Crippen molar-refractivity contribution in [2.45, 2.75) is 50.9 Å². The fraction of sp³-hybridized carbons (Fsp3) is 0.588. The van der Waals surface area contributed by atoms with Gasteiger partial charge in [0.15, 0.2) is 0 Å². The van der Waals surface area contributed by atoms with Gasteiger partial charge in [0.1, 0.15) is 5.78 Å². The molecule has 1 aliphatic heterocycles. The molecule has 1 aromatic carbocycles. The standard InChI is InChI=1S/C17H23NO2/c19-15-10-11-18(12-15)16-8-4-5-9-17(16)20-13-14-6-2-1-3-7-14/h1-3,6-7,16-17H,4-5,8-13H2. The second-order valence-corrected chi connectivity index (χ2v) is 5.95. The number of likely N-dealkylation sites (tertiary alicyclic amines) is 1. The third-order valence-electron chi connectivity index (χ3n) is 4.50. The van der Waals surface area contributed by atoms with E-state index in [4.69, 9.17) is 4.74 Å². The summed E-state index contributed by atoms with van der Waals surface area (Å²) in [6.07, 6.45) is 5.82. The Morgan fingerprint density at radius 3 is 2.70 bits per heavy atom. The summed E-state index contributed by atoms with van der Waals surface area (Å²) in [6, 6.07) is 10.8. The van der Waals surface area contributed by atoms with Gasteiger partial charge in [-0.1, -0.05) is 43.2 Å². The molecule has 0 amide bonds. The van der Waals surface area contributed by atoms with E-state index in [9.17, 15) is 4.79 Å². The van der Waals surface area contributed by atoms with Crippen LogP contribution < -0.4 is 0 Å². The first-order valence-corrected chi connectivity index (χ1v) is 7.74. The summed E-state index contributed by atoms with van der Waals surface area (Å²) in [5.41, 5.74) is 1.23. The van der Waals surface area contributed by atoms with Crippen molar-refractivity contribution in [3.05, 3.63) is 35.9 Å². The van der Waals surface area contributed by atoms with Crippen molar-refractivity contribution in [1.82, 2.24) is 4.90 Å². The molecule has 2 aliphatic rings. The Balaban J connectivity index is 1.59. The molecule has 1 heterocycles. The molecule has 2 unspecified atom stereocenters. The normalized spacial score (nSPS) is 27.9. The molecular weight excluding hydrogens is 250 g/mol. The van der Waals surface area contributed by atoms with Crippen LogP contribution in [-0.2, 0) is 16.1 Å². The van der Waals surface area contributed by atoms with Crippen LogP contribution in [0.3, 0.4) is 0 Å². The van der Waals surface area contributed by atoms with Gasteiger partial charge in [0.2, 0.25) is 0 Å². The summed E-state index contributed by atoms with van der Waals surface area (Å²) in [5.74, 6) is 0.386. The Hall–Kier alpha value is -1.19. The molecule has 108 valence electrons. The minimum atomic E-state index is 0.287. The van der Waals surface area contributed by atoms with Gasteiger partial charge < -0.3 is 4.74 Å². The number of Topliss-reactive ketones (excluding diaryl/α,β-unsaturated/α-hetero) is 1. The predicted octanol–water partition coefficient (Wildman–Crippen LogP) is 2.79. The molecule has 3 nitrogen and oxygen atoms in total. The summed E-state index contributed by atoms with van der Waals surface area (Å²) in [6.45, 7) is 2.24. The van der Waals surface area contributed by atoms with Crippen molar-refractivity contribution in [3.8, 4) is 0 Å². The van der Waals surface area contributed by atoms with Crippen LogP contribution >= 0.6 is 0 Å². The predicted molar refractivity (Wildman–Crippen MR) is 78.5 cm³/mol. The number of hydrogen-bond acceptors (Lipinski definition) is 3. The van der Waals surface area contributed by atoms with Crippen LogP contribution in [0, 0.1) is 0 Å². The van der Waals surface area contributed by atoms with Gasteiger partial charge in [-0.05, 0) is 18.4 Å². The monoisotopic (exact) mass is 273 g/mol. The van der Waals surface area contributed by atoms with Crippen molar-refractivity contribution in [3.63, 3.8) is 0 Å². The molecule has 0 radical (unpaired) electrons. The van der Waals surface area contributed by atoms with Gasteiger partial charge in [-0.15, -0.1) is 0 Å². The lowest BCUT2D eigenvalue weighted by molar-refractivity contribution is -0.117. The molecule has 3 rings (SSSR count). The minimum Gasteiger partial charge on any atom is -0.372 e. The minimum absolute atomic E-state index is 0.287. The largest absolute Gasteiger partial charge is 0.372 e. The number of hydrogen-bond donors (Lipinski definition) is 0. The van der Waals surface area contributed by atoms with Crippen LogP contribution in [-0.4, -0.2) is 35.9 Å². The fourth-order valence-electron chi connectivity index (χ4n) is 3.40. The van der Waals surface area contributed by atoms with Crippen LogP contribution in [0.1, 0.15) is 37.7 Å². The van der Waals surface area contributed by atoms with E-state index in [0.717, 1.165) is 19.4 Å². The Morgan fingerprint density at radius 2 is 1.95 bits per heavy atom. The second kappa shape index (κ2) is 6.51. The summed E-state index contributed by atoms with van der Waals surface area (Å²) in [4.78, 5) is 13.8. The fourth-order valence-corrected chi connectivity index (χ4v) is 3.40. The van der Waals surface area contributed by atoms with E-state index >= 15 is 0 Å². The topological polar surface area (TPSA) is 29.5 Å². The van der Waals surface area contributed by atoms with Gasteiger partial charge in [-0.2, -0.15) is 0 Å². The van der Waals surface area contributed by atoms with Crippen LogP contribution in [0.25, 0.3) is 0 Å². The highest BCUT2D eigenvalue weighted by atomic mass is 16.5. The van der Waals surface area contributed by atoms with E-state index in [-0.39, 0.29) is 6.10 Å². The zero-order valence-corrected chi connectivity index (χ0v) is 12.0. The molecule has 0 aromatic heterocycles. The van der Waals surface area contributed by atoms with Crippen molar-refractivity contribution in [2.24, 2.45) is 0 Å². The van der Waals surface area contributed by atoms with Crippen molar-refractivity contribution >= 4 is 5.78 Å². The maximum atomic E-state index is 11.5. The summed E-state index contributed by atoms with van der Waals surface area (Å²) < 4.78 is 6.18. The number of carbonyl (C=O) groups excluding carboxylic acids is 1. The first-order valence-electron chi connectivity index (χ1n) is 7.74. The zero-order chi connectivity index (χ0) is 13.8. The van der Waals surface area contributed by atoms with Crippen molar-refractivity contribution < 1.29 is 9.53 Å². The number of ketones is 1. The molecule has 0 bridgehead atoms. The summed E-state index contributed by atoms with van der Waals surface area (Å²) >= 11 is 0. The van der Waals surface area contributed by atoms with Gasteiger partial charge >= 0.3 is 0 Å². The van der Waals surface area contributed by atoms with Crippen LogP contribution in [0.5, 0.6) is 0 Å². The van der Waals surface area contributed by atoms with Gasteiger partial charge in [0, 0.05) is 19.0 Å². The smallest absolute Gasteiger partial charge is 0.148 e. The molecule has 2 atom stereocenters. The van der Waals surface area contributed by atoms with E-state index in [1.165, 1.54) is 24.8 Å². The molecule has 1 aliphatic carbocycles. The molecular formula is C17H23NO2. The molecule has 20 heavy (non-hydrogen) atoms. The molecule has 2 fully saturated rings. The van der Waals surface area contributed by atoms with Crippen LogP contribution in [0.2, 0.25) is 0 Å². The Labute approximate surface area is 120 Å². The lowest BCUT2D eigenvalue weighted by atomic mass is 9.91. The van der Waals surface area contributed by atoms with E-state index in [0.29, 0.717) is 25.0 Å². The molecule has 0 spiro atoms. The first kappa shape index (κ1) is 13.8. The Bertz CT molecular complexity index is 446. The molecule has 3 heteroatoms. The quantitative estimate of drug-likeness (QED) is 0.845. The molecule has 1 aromatic rings. The molecule has 1 saturated carbocycles. The first-order chi connectivity index (χ1) is 9.83. The van der Waals surface area contributed by atoms with Crippen molar-refractivity contribution in [2.75, 3.05) is 13.1 Å². The van der Waals surface area contributed by atoms with Crippen LogP contribution in [0.15, 0.2) is 30.3 Å².